The molecule has 0 unspecified atom stereocenters. The number of esters is 1. The van der Waals surface area contributed by atoms with Gasteiger partial charge in [0.2, 0.25) is 0 Å². The lowest BCUT2D eigenvalue weighted by atomic mass is 10.2. The third-order valence-corrected chi connectivity index (χ3v) is 2.27. The minimum Gasteiger partial charge on any atom is -0.463 e. The van der Waals surface area contributed by atoms with E-state index in [4.69, 9.17) is 4.74 Å². The zero-order valence-electron chi connectivity index (χ0n) is 11.1. The minimum atomic E-state index is -0.548. The first kappa shape index (κ1) is 15.4. The molecule has 0 aliphatic heterocycles. The Morgan fingerprint density at radius 1 is 1.35 bits per heavy atom. The summed E-state index contributed by atoms with van der Waals surface area (Å²) in [6.45, 7) is 3.47. The van der Waals surface area contributed by atoms with Gasteiger partial charge < -0.3 is 10.1 Å². The summed E-state index contributed by atoms with van der Waals surface area (Å²) < 4.78 is 4.70. The van der Waals surface area contributed by atoms with Gasteiger partial charge in [0.15, 0.2) is 0 Å². The maximum absolute atomic E-state index is 11.8. The number of non-ortho nitro benzene ring substituents is 1. The predicted octanol–water partition coefficient (Wildman–Crippen LogP) is 1.79. The fourth-order valence-electron chi connectivity index (χ4n) is 1.38. The average molecular weight is 278 g/mol. The number of nitro groups is 1. The van der Waals surface area contributed by atoms with Crippen molar-refractivity contribution in [1.82, 2.24) is 5.32 Å². The summed E-state index contributed by atoms with van der Waals surface area (Å²) in [6, 6.07) is 5.15. The molecule has 7 heteroatoms. The van der Waals surface area contributed by atoms with Crippen molar-refractivity contribution >= 4 is 17.6 Å². The fourth-order valence-corrected chi connectivity index (χ4v) is 1.38. The maximum Gasteiger partial charge on any atom is 0.332 e. The smallest absolute Gasteiger partial charge is 0.332 e. The van der Waals surface area contributed by atoms with Crippen LogP contribution < -0.4 is 5.32 Å². The number of carbonyl (C=O) groups excluding carboxylic acids is 2. The van der Waals surface area contributed by atoms with Crippen LogP contribution in [-0.4, -0.2) is 23.4 Å². The quantitative estimate of drug-likeness (QED) is 0.383. The van der Waals surface area contributed by atoms with E-state index in [1.165, 1.54) is 24.3 Å². The Hall–Kier alpha value is -2.70. The van der Waals surface area contributed by atoms with Gasteiger partial charge in [-0.05, 0) is 26.0 Å². The number of nitrogens with one attached hydrogen (secondary N) is 1. The summed E-state index contributed by atoms with van der Waals surface area (Å²) in [5, 5.41) is 13.0. The molecule has 0 aliphatic carbocycles. The van der Waals surface area contributed by atoms with Crippen LogP contribution in [0.4, 0.5) is 5.69 Å². The molecule has 1 N–H and O–H groups in total. The van der Waals surface area contributed by atoms with E-state index in [9.17, 15) is 19.7 Å². The number of amides is 1. The molecule has 1 amide bonds. The number of nitro benzene ring substituents is 1. The summed E-state index contributed by atoms with van der Waals surface area (Å²) in [4.78, 5) is 32.9. The molecule has 0 heterocycles. The van der Waals surface area contributed by atoms with Gasteiger partial charge in [-0.3, -0.25) is 14.9 Å². The van der Waals surface area contributed by atoms with Crippen LogP contribution in [0.2, 0.25) is 0 Å². The summed E-state index contributed by atoms with van der Waals surface area (Å²) in [5.41, 5.74) is 0.486. The van der Waals surface area contributed by atoms with Gasteiger partial charge in [0.25, 0.3) is 11.6 Å². The van der Waals surface area contributed by atoms with Crippen LogP contribution in [0.25, 0.3) is 0 Å². The second kappa shape index (κ2) is 7.03. The molecular formula is C13H14N2O5. The Morgan fingerprint density at radius 3 is 2.45 bits per heavy atom. The van der Waals surface area contributed by atoms with Crippen molar-refractivity contribution in [1.29, 1.82) is 0 Å². The molecule has 0 fully saturated rings. The second-order valence-corrected chi connectivity index (χ2v) is 3.84. The van der Waals surface area contributed by atoms with Crippen LogP contribution in [0.1, 0.15) is 24.2 Å². The molecule has 0 spiro atoms. The third-order valence-electron chi connectivity index (χ3n) is 2.27. The Morgan fingerprint density at radius 2 is 1.95 bits per heavy atom. The van der Waals surface area contributed by atoms with Gasteiger partial charge in [-0.25, -0.2) is 4.79 Å². The highest BCUT2D eigenvalue weighted by Gasteiger charge is 2.10. The molecule has 0 saturated heterocycles. The number of ether oxygens (including phenoxy) is 1. The molecule has 1 rings (SSSR count). The molecule has 20 heavy (non-hydrogen) atoms. The zero-order valence-corrected chi connectivity index (χ0v) is 11.1. The number of allylic oxidation sites excluding steroid dienone is 1. The van der Waals surface area contributed by atoms with Crippen LogP contribution in [0, 0.1) is 10.1 Å². The minimum absolute atomic E-state index is 0.0969. The Labute approximate surface area is 115 Å². The molecule has 1 aromatic carbocycles. The van der Waals surface area contributed by atoms with Crippen molar-refractivity contribution in [3.63, 3.8) is 0 Å². The molecular weight excluding hydrogens is 264 g/mol. The largest absolute Gasteiger partial charge is 0.463 e. The topological polar surface area (TPSA) is 98.5 Å². The lowest BCUT2D eigenvalue weighted by molar-refractivity contribution is -0.384. The van der Waals surface area contributed by atoms with Crippen molar-refractivity contribution in [2.75, 3.05) is 6.61 Å². The molecule has 0 radical (unpaired) electrons. The number of hydrogen-bond donors (Lipinski definition) is 1. The standard InChI is InChI=1S/C13H14N2O5/c1-3-20-12(16)8-9(2)14-13(17)10-4-6-11(7-5-10)15(18)19/h4-8H,3H2,1-2H3,(H,14,17)/b9-8-. The van der Waals surface area contributed by atoms with Crippen LogP contribution >= 0.6 is 0 Å². The lowest BCUT2D eigenvalue weighted by Crippen LogP contribution is -2.22. The van der Waals surface area contributed by atoms with E-state index >= 15 is 0 Å². The molecule has 7 nitrogen and oxygen atoms in total. The average Bonchev–Trinajstić information content (AvgIpc) is 2.38. The summed E-state index contributed by atoms with van der Waals surface area (Å²) in [5.74, 6) is -1.01. The second-order valence-electron chi connectivity index (χ2n) is 3.84. The van der Waals surface area contributed by atoms with E-state index in [0.29, 0.717) is 5.70 Å². The summed E-state index contributed by atoms with van der Waals surface area (Å²) in [6.07, 6.45) is 1.16. The molecule has 0 saturated carbocycles. The first-order valence-electron chi connectivity index (χ1n) is 5.85. The summed E-state index contributed by atoms with van der Waals surface area (Å²) >= 11 is 0. The molecule has 0 atom stereocenters. The van der Waals surface area contributed by atoms with Gasteiger partial charge in [0.05, 0.1) is 11.5 Å². The number of benzene rings is 1. The van der Waals surface area contributed by atoms with Gasteiger partial charge in [-0.1, -0.05) is 0 Å². The van der Waals surface area contributed by atoms with Crippen LogP contribution in [0.5, 0.6) is 0 Å². The van der Waals surface area contributed by atoms with Crippen molar-refractivity contribution in [3.8, 4) is 0 Å². The van der Waals surface area contributed by atoms with Gasteiger partial charge in [0.1, 0.15) is 0 Å². The highest BCUT2D eigenvalue weighted by Crippen LogP contribution is 2.12. The normalized spacial score (nSPS) is 10.8. The van der Waals surface area contributed by atoms with E-state index in [2.05, 4.69) is 5.32 Å². The monoisotopic (exact) mass is 278 g/mol. The zero-order chi connectivity index (χ0) is 15.1. The van der Waals surface area contributed by atoms with E-state index < -0.39 is 16.8 Å². The highest BCUT2D eigenvalue weighted by atomic mass is 16.6. The third kappa shape index (κ3) is 4.52. The van der Waals surface area contributed by atoms with Crippen molar-refractivity contribution in [3.05, 3.63) is 51.7 Å². The van der Waals surface area contributed by atoms with Crippen molar-refractivity contribution in [2.24, 2.45) is 0 Å². The van der Waals surface area contributed by atoms with Gasteiger partial charge >= 0.3 is 5.97 Å². The molecule has 0 bridgehead atoms. The summed E-state index contributed by atoms with van der Waals surface area (Å²) in [7, 11) is 0. The first-order chi connectivity index (χ1) is 9.43. The number of carbonyl (C=O) groups is 2. The van der Waals surface area contributed by atoms with Crippen molar-refractivity contribution in [2.45, 2.75) is 13.8 Å². The van der Waals surface area contributed by atoms with E-state index in [1.807, 2.05) is 0 Å². The van der Waals surface area contributed by atoms with Crippen molar-refractivity contribution < 1.29 is 19.2 Å². The van der Waals surface area contributed by atoms with E-state index in [0.717, 1.165) is 6.08 Å². The molecule has 0 aliphatic rings. The number of nitrogens with zero attached hydrogens (tertiary/aromatic N) is 1. The fraction of sp³-hybridized carbons (Fsp3) is 0.231. The lowest BCUT2D eigenvalue weighted by Gasteiger charge is -2.05. The van der Waals surface area contributed by atoms with E-state index in [-0.39, 0.29) is 17.9 Å². The molecule has 1 aromatic rings. The van der Waals surface area contributed by atoms with Gasteiger partial charge in [-0.15, -0.1) is 0 Å². The van der Waals surface area contributed by atoms with Gasteiger partial charge in [0, 0.05) is 29.5 Å². The molecule has 0 aromatic heterocycles. The number of hydrogen-bond acceptors (Lipinski definition) is 5. The Balaban J connectivity index is 2.71. The van der Waals surface area contributed by atoms with Crippen LogP contribution in [0.15, 0.2) is 36.0 Å². The van der Waals surface area contributed by atoms with Crippen LogP contribution in [0.3, 0.4) is 0 Å². The number of rotatable bonds is 5. The van der Waals surface area contributed by atoms with Gasteiger partial charge in [-0.2, -0.15) is 0 Å². The van der Waals surface area contributed by atoms with E-state index in [1.54, 1.807) is 13.8 Å². The SMILES string of the molecule is CCOC(=O)/C=C(/C)NC(=O)c1ccc([N+](=O)[O-])cc1. The predicted molar refractivity (Wildman–Crippen MR) is 71.0 cm³/mol. The first-order valence-corrected chi connectivity index (χ1v) is 5.85. The Bertz CT molecular complexity index is 548. The maximum atomic E-state index is 11.8. The molecule has 106 valence electrons. The highest BCUT2D eigenvalue weighted by molar-refractivity contribution is 5.96. The van der Waals surface area contributed by atoms with Crippen LogP contribution in [-0.2, 0) is 9.53 Å². The Kier molecular flexibility index (Phi) is 5.40.